The summed E-state index contributed by atoms with van der Waals surface area (Å²) in [5.74, 6) is -0.884. The number of carbonyl (C=O) groups excluding carboxylic acids is 2. The zero-order valence-corrected chi connectivity index (χ0v) is 10.5. The van der Waals surface area contributed by atoms with E-state index < -0.39 is 5.97 Å². The molecule has 0 radical (unpaired) electrons. The summed E-state index contributed by atoms with van der Waals surface area (Å²) in [6.45, 7) is 1.16. The molecule has 0 aromatic heterocycles. The van der Waals surface area contributed by atoms with Crippen molar-refractivity contribution in [3.63, 3.8) is 0 Å². The highest BCUT2D eigenvalue weighted by atomic mass is 16.4. The lowest BCUT2D eigenvalue weighted by Gasteiger charge is -2.05. The third-order valence-electron chi connectivity index (χ3n) is 2.29. The average molecular weight is 258 g/mol. The van der Waals surface area contributed by atoms with E-state index in [-0.39, 0.29) is 18.3 Å². The molecule has 104 valence electrons. The highest BCUT2D eigenvalue weighted by Crippen LogP contribution is 1.95. The van der Waals surface area contributed by atoms with E-state index in [4.69, 9.17) is 11.5 Å². The monoisotopic (exact) mass is 258 g/mol. The maximum atomic E-state index is 11.3. The van der Waals surface area contributed by atoms with Crippen molar-refractivity contribution < 1.29 is 19.7 Å². The standard InChI is InChI=1S/C11H22N4O3/c12-11(13)15-8-3-1-5-9(16)14-7-4-2-6-10(17)18/h1-8H2,(H,14,16)(H,17,18)(H4,12,13,15). The first-order chi connectivity index (χ1) is 8.52. The van der Waals surface area contributed by atoms with Crippen LogP contribution >= 0.6 is 0 Å². The molecule has 0 aliphatic carbocycles. The van der Waals surface area contributed by atoms with E-state index in [2.05, 4.69) is 10.3 Å². The number of nitrogens with two attached hydrogens (primary N) is 2. The minimum absolute atomic E-state index is 0.0202. The summed E-state index contributed by atoms with van der Waals surface area (Å²) in [5, 5.41) is 12.9. The van der Waals surface area contributed by atoms with Gasteiger partial charge in [0.05, 0.1) is 6.54 Å². The Balaban J connectivity index is 3.33. The normalized spacial score (nSPS) is 9.78. The van der Waals surface area contributed by atoms with E-state index in [0.29, 0.717) is 32.4 Å². The number of hydrogen-bond acceptors (Lipinski definition) is 3. The van der Waals surface area contributed by atoms with Gasteiger partial charge < -0.3 is 15.2 Å². The molecular formula is C11H22N4O3. The Morgan fingerprint density at radius 2 is 1.72 bits per heavy atom. The van der Waals surface area contributed by atoms with Gasteiger partial charge in [-0.25, -0.2) is 0 Å². The lowest BCUT2D eigenvalue weighted by molar-refractivity contribution is -0.459. The third-order valence-corrected chi connectivity index (χ3v) is 2.29. The number of guanidine groups is 1. The van der Waals surface area contributed by atoms with E-state index in [0.717, 1.165) is 12.8 Å². The third kappa shape index (κ3) is 12.3. The number of unbranched alkanes of at least 4 members (excludes halogenated alkanes) is 2. The van der Waals surface area contributed by atoms with Crippen LogP contribution in [0.5, 0.6) is 0 Å². The molecular weight excluding hydrogens is 236 g/mol. The minimum atomic E-state index is -1.05. The average Bonchev–Trinajstić information content (AvgIpc) is 2.27. The van der Waals surface area contributed by atoms with Gasteiger partial charge in [0, 0.05) is 18.9 Å². The molecule has 0 fully saturated rings. The van der Waals surface area contributed by atoms with Crippen LogP contribution in [0.25, 0.3) is 0 Å². The Hall–Kier alpha value is -1.79. The SMILES string of the molecule is NC(N)=[NH+]CCCCC(=O)NCCCCC(=O)[O-]. The molecule has 0 unspecified atom stereocenters. The van der Waals surface area contributed by atoms with Gasteiger partial charge in [0.2, 0.25) is 5.91 Å². The highest BCUT2D eigenvalue weighted by Gasteiger charge is 2.00. The Bertz CT molecular complexity index is 288. The fraction of sp³-hybridized carbons (Fsp3) is 0.727. The molecule has 0 atom stereocenters. The maximum Gasteiger partial charge on any atom is 0.338 e. The summed E-state index contributed by atoms with van der Waals surface area (Å²) in [6.07, 6.45) is 3.24. The molecule has 0 aliphatic heterocycles. The number of aliphatic carboxylic acids is 1. The molecule has 0 saturated heterocycles. The number of carboxylic acid groups (broad SMARTS) is 1. The second-order valence-corrected chi connectivity index (χ2v) is 4.02. The molecule has 7 nitrogen and oxygen atoms in total. The van der Waals surface area contributed by atoms with Crippen LogP contribution in [0.4, 0.5) is 0 Å². The molecule has 18 heavy (non-hydrogen) atoms. The molecule has 0 aromatic carbocycles. The number of hydrogen-bond donors (Lipinski definition) is 4. The fourth-order valence-electron chi connectivity index (χ4n) is 1.35. The smallest absolute Gasteiger partial charge is 0.338 e. The first kappa shape index (κ1) is 16.2. The highest BCUT2D eigenvalue weighted by molar-refractivity contribution is 5.75. The van der Waals surface area contributed by atoms with E-state index >= 15 is 0 Å². The van der Waals surface area contributed by atoms with Crippen LogP contribution in [0.1, 0.15) is 38.5 Å². The van der Waals surface area contributed by atoms with Gasteiger partial charge in [-0.1, -0.05) is 0 Å². The summed E-state index contributed by atoms with van der Waals surface area (Å²) in [7, 11) is 0. The number of amides is 1. The molecule has 0 spiro atoms. The lowest BCUT2D eigenvalue weighted by atomic mass is 10.2. The van der Waals surface area contributed by atoms with Crippen LogP contribution < -0.4 is 26.9 Å². The van der Waals surface area contributed by atoms with Crippen molar-refractivity contribution in [3.05, 3.63) is 0 Å². The summed E-state index contributed by atoms with van der Waals surface area (Å²) >= 11 is 0. The van der Waals surface area contributed by atoms with Crippen LogP contribution in [-0.2, 0) is 9.59 Å². The number of nitrogens with one attached hydrogen (secondary N) is 2. The Labute approximate surface area is 107 Å². The van der Waals surface area contributed by atoms with Crippen molar-refractivity contribution in [1.82, 2.24) is 5.32 Å². The minimum Gasteiger partial charge on any atom is -0.550 e. The van der Waals surface area contributed by atoms with Crippen LogP contribution in [0.15, 0.2) is 0 Å². The van der Waals surface area contributed by atoms with Gasteiger partial charge in [0.1, 0.15) is 0 Å². The lowest BCUT2D eigenvalue weighted by Crippen LogP contribution is -2.78. The van der Waals surface area contributed by atoms with Crippen molar-refractivity contribution in [2.45, 2.75) is 38.5 Å². The van der Waals surface area contributed by atoms with Gasteiger partial charge in [0.15, 0.2) is 0 Å². The van der Waals surface area contributed by atoms with Gasteiger partial charge in [-0.2, -0.15) is 0 Å². The zero-order valence-electron chi connectivity index (χ0n) is 10.5. The predicted octanol–water partition coefficient (Wildman–Crippen LogP) is -3.45. The van der Waals surface area contributed by atoms with E-state index in [9.17, 15) is 14.7 Å². The van der Waals surface area contributed by atoms with Crippen LogP contribution in [0.3, 0.4) is 0 Å². The van der Waals surface area contributed by atoms with Gasteiger partial charge in [-0.05, 0) is 32.1 Å². The van der Waals surface area contributed by atoms with Gasteiger partial charge in [-0.15, -0.1) is 0 Å². The second-order valence-electron chi connectivity index (χ2n) is 4.02. The largest absolute Gasteiger partial charge is 0.550 e. The van der Waals surface area contributed by atoms with Crippen molar-refractivity contribution >= 4 is 17.8 Å². The van der Waals surface area contributed by atoms with Crippen LogP contribution in [0.2, 0.25) is 0 Å². The van der Waals surface area contributed by atoms with Gasteiger partial charge in [0.25, 0.3) is 0 Å². The maximum absolute atomic E-state index is 11.3. The van der Waals surface area contributed by atoms with Crippen LogP contribution in [0, 0.1) is 0 Å². The summed E-state index contributed by atoms with van der Waals surface area (Å²) in [5.41, 5.74) is 10.4. The van der Waals surface area contributed by atoms with Crippen LogP contribution in [-0.4, -0.2) is 30.9 Å². The molecule has 0 bridgehead atoms. The molecule has 0 rings (SSSR count). The number of rotatable bonds is 10. The number of carbonyl (C=O) groups is 2. The summed E-state index contributed by atoms with van der Waals surface area (Å²) < 4.78 is 0. The molecule has 1 amide bonds. The summed E-state index contributed by atoms with van der Waals surface area (Å²) in [4.78, 5) is 24.2. The van der Waals surface area contributed by atoms with Crippen molar-refractivity contribution in [3.8, 4) is 0 Å². The first-order valence-corrected chi connectivity index (χ1v) is 6.10. The van der Waals surface area contributed by atoms with Crippen molar-refractivity contribution in [2.75, 3.05) is 13.1 Å². The van der Waals surface area contributed by atoms with Crippen molar-refractivity contribution in [2.24, 2.45) is 11.5 Å². The summed E-state index contributed by atoms with van der Waals surface area (Å²) in [6, 6.07) is 0. The van der Waals surface area contributed by atoms with Gasteiger partial charge >= 0.3 is 5.96 Å². The van der Waals surface area contributed by atoms with Crippen molar-refractivity contribution in [1.29, 1.82) is 0 Å². The van der Waals surface area contributed by atoms with E-state index in [1.54, 1.807) is 0 Å². The Morgan fingerprint density at radius 1 is 1.06 bits per heavy atom. The molecule has 0 aromatic rings. The topological polar surface area (TPSA) is 135 Å². The quantitative estimate of drug-likeness (QED) is 0.183. The Morgan fingerprint density at radius 3 is 2.33 bits per heavy atom. The molecule has 0 aliphatic rings. The molecule has 0 heterocycles. The molecule has 0 saturated carbocycles. The predicted molar refractivity (Wildman–Crippen MR) is 64.9 cm³/mol. The molecule has 7 heteroatoms. The number of carboxylic acids is 1. The fourth-order valence-corrected chi connectivity index (χ4v) is 1.35. The van der Waals surface area contributed by atoms with E-state index in [1.165, 1.54) is 0 Å². The zero-order chi connectivity index (χ0) is 13.8. The molecule has 6 N–H and O–H groups in total. The second kappa shape index (κ2) is 10.4. The van der Waals surface area contributed by atoms with Gasteiger partial charge in [-0.3, -0.25) is 21.3 Å². The first-order valence-electron chi connectivity index (χ1n) is 6.10. The van der Waals surface area contributed by atoms with E-state index in [1.807, 2.05) is 0 Å². The Kier molecular flexibility index (Phi) is 9.34.